The molecule has 2 aromatic heterocycles. The van der Waals surface area contributed by atoms with Gasteiger partial charge in [0, 0.05) is 44.1 Å². The zero-order valence-corrected chi connectivity index (χ0v) is 19.4. The van der Waals surface area contributed by atoms with E-state index in [0.29, 0.717) is 30.2 Å². The molecule has 8 heteroatoms. The van der Waals surface area contributed by atoms with Crippen molar-refractivity contribution >= 4 is 5.91 Å². The monoisotopic (exact) mass is 440 g/mol. The molecule has 2 aromatic rings. The molecule has 2 saturated carbocycles. The highest BCUT2D eigenvalue weighted by molar-refractivity contribution is 5.78. The number of carbonyl (C=O) groups is 1. The molecule has 32 heavy (non-hydrogen) atoms. The Hall–Kier alpha value is -2.22. The predicted octanol–water partition coefficient (Wildman–Crippen LogP) is 3.02. The zero-order valence-electron chi connectivity index (χ0n) is 19.4. The van der Waals surface area contributed by atoms with E-state index in [1.54, 1.807) is 13.2 Å². The normalized spacial score (nSPS) is 28.8. The molecule has 2 aliphatic carbocycles. The number of carbonyl (C=O) groups excluding carboxylic acids is 1. The fourth-order valence-electron chi connectivity index (χ4n) is 5.55. The van der Waals surface area contributed by atoms with Gasteiger partial charge in [-0.05, 0) is 63.3 Å². The lowest BCUT2D eigenvalue weighted by molar-refractivity contribution is -0.121. The molecule has 8 nitrogen and oxygen atoms in total. The van der Waals surface area contributed by atoms with Crippen molar-refractivity contribution in [2.75, 3.05) is 19.6 Å². The maximum atomic E-state index is 12.3. The van der Waals surface area contributed by atoms with Gasteiger partial charge < -0.3 is 14.7 Å². The highest BCUT2D eigenvalue weighted by Gasteiger charge is 2.35. The molecule has 1 amide bonds. The predicted molar refractivity (Wildman–Crippen MR) is 120 cm³/mol. The van der Waals surface area contributed by atoms with E-state index in [-0.39, 0.29) is 5.91 Å². The largest absolute Gasteiger partial charge is 0.361 e. The Balaban J connectivity index is 1.01. The summed E-state index contributed by atoms with van der Waals surface area (Å²) >= 11 is 0. The first-order valence-electron chi connectivity index (χ1n) is 12.4. The van der Waals surface area contributed by atoms with Gasteiger partial charge in [0.05, 0.1) is 24.0 Å². The van der Waals surface area contributed by atoms with Crippen LogP contribution in [0.5, 0.6) is 0 Å². The van der Waals surface area contributed by atoms with Crippen LogP contribution in [0.25, 0.3) is 0 Å². The van der Waals surface area contributed by atoms with E-state index in [9.17, 15) is 4.79 Å². The van der Waals surface area contributed by atoms with Gasteiger partial charge in [0.25, 0.3) is 0 Å². The summed E-state index contributed by atoms with van der Waals surface area (Å²) in [6.45, 7) is 5.78. The number of aromatic nitrogens is 4. The van der Waals surface area contributed by atoms with Crippen molar-refractivity contribution in [1.29, 1.82) is 0 Å². The standard InChI is InChI=1S/C24H36N6O2/c1-16-14-30(15-21(16)22-12-23(32-28-22)18-5-6-18)10-9-17-3-7-19(8-4-17)26-24(31)11-20-13-25-29(2)27-20/h12-13,16-19,21H,3-11,14-15H2,1-2H3,(H,26,31)/t16-,17-,19-,21-/m0/s1. The number of nitrogens with one attached hydrogen (secondary N) is 1. The second kappa shape index (κ2) is 9.33. The molecular weight excluding hydrogens is 404 g/mol. The minimum absolute atomic E-state index is 0.0590. The van der Waals surface area contributed by atoms with Crippen molar-refractivity contribution in [3.8, 4) is 0 Å². The van der Waals surface area contributed by atoms with Crippen molar-refractivity contribution in [1.82, 2.24) is 30.4 Å². The molecule has 3 fully saturated rings. The van der Waals surface area contributed by atoms with Crippen molar-refractivity contribution in [2.24, 2.45) is 18.9 Å². The third-order valence-corrected chi connectivity index (χ3v) is 7.65. The van der Waals surface area contributed by atoms with E-state index in [4.69, 9.17) is 4.52 Å². The number of hydrogen-bond acceptors (Lipinski definition) is 6. The van der Waals surface area contributed by atoms with E-state index < -0.39 is 0 Å². The fraction of sp³-hybridized carbons (Fsp3) is 0.750. The van der Waals surface area contributed by atoms with Crippen LogP contribution in [0.15, 0.2) is 16.8 Å². The molecule has 1 saturated heterocycles. The molecule has 0 spiro atoms. The van der Waals surface area contributed by atoms with Gasteiger partial charge in [-0.15, -0.1) is 0 Å². The summed E-state index contributed by atoms with van der Waals surface area (Å²) in [6.07, 6.45) is 10.3. The van der Waals surface area contributed by atoms with Gasteiger partial charge in [-0.3, -0.25) is 4.79 Å². The minimum Gasteiger partial charge on any atom is -0.361 e. The fourth-order valence-corrected chi connectivity index (χ4v) is 5.55. The molecule has 3 aliphatic rings. The van der Waals surface area contributed by atoms with E-state index >= 15 is 0 Å². The third-order valence-electron chi connectivity index (χ3n) is 7.65. The van der Waals surface area contributed by atoms with Crippen LogP contribution in [0.3, 0.4) is 0 Å². The Morgan fingerprint density at radius 3 is 2.72 bits per heavy atom. The summed E-state index contributed by atoms with van der Waals surface area (Å²) in [6, 6.07) is 2.53. The maximum absolute atomic E-state index is 12.3. The number of rotatable bonds is 8. The third kappa shape index (κ3) is 5.22. The summed E-state index contributed by atoms with van der Waals surface area (Å²) in [5.74, 6) is 3.70. The first-order chi connectivity index (χ1) is 15.5. The Morgan fingerprint density at radius 1 is 1.19 bits per heavy atom. The average molecular weight is 441 g/mol. The summed E-state index contributed by atoms with van der Waals surface area (Å²) < 4.78 is 5.61. The molecule has 2 atom stereocenters. The smallest absolute Gasteiger partial charge is 0.226 e. The second-order valence-corrected chi connectivity index (χ2v) is 10.3. The quantitative estimate of drug-likeness (QED) is 0.679. The van der Waals surface area contributed by atoms with Gasteiger partial charge in [0.15, 0.2) is 0 Å². The van der Waals surface area contributed by atoms with Crippen molar-refractivity contribution in [3.63, 3.8) is 0 Å². The molecule has 0 radical (unpaired) electrons. The van der Waals surface area contributed by atoms with Crippen molar-refractivity contribution < 1.29 is 9.32 Å². The SMILES string of the molecule is C[C@H]1CN(CC[C@H]2CC[C@H](NC(=O)Cc3cnn(C)n3)CC2)C[C@@H]1c1cc(C2CC2)on1. The molecule has 174 valence electrons. The minimum atomic E-state index is 0.0590. The van der Waals surface area contributed by atoms with E-state index in [2.05, 4.69) is 38.6 Å². The van der Waals surface area contributed by atoms with E-state index in [1.807, 2.05) is 0 Å². The highest BCUT2D eigenvalue weighted by atomic mass is 16.5. The molecule has 3 heterocycles. The Bertz CT molecular complexity index is 911. The number of hydrogen-bond donors (Lipinski definition) is 1. The van der Waals surface area contributed by atoms with Gasteiger partial charge in [-0.1, -0.05) is 12.1 Å². The average Bonchev–Trinajstić information content (AvgIpc) is 3.17. The first-order valence-corrected chi connectivity index (χ1v) is 12.4. The van der Waals surface area contributed by atoms with Gasteiger partial charge >= 0.3 is 0 Å². The first kappa shape index (κ1) is 21.6. The van der Waals surface area contributed by atoms with Crippen LogP contribution in [0.2, 0.25) is 0 Å². The van der Waals surface area contributed by atoms with Crippen LogP contribution < -0.4 is 5.32 Å². The van der Waals surface area contributed by atoms with Crippen molar-refractivity contribution in [3.05, 3.63) is 29.4 Å². The van der Waals surface area contributed by atoms with Crippen LogP contribution in [0, 0.1) is 11.8 Å². The molecule has 0 unspecified atom stereocenters. The Morgan fingerprint density at radius 2 is 2.00 bits per heavy atom. The van der Waals surface area contributed by atoms with Crippen LogP contribution in [0.1, 0.15) is 80.9 Å². The van der Waals surface area contributed by atoms with Gasteiger partial charge in [0.1, 0.15) is 5.76 Å². The summed E-state index contributed by atoms with van der Waals surface area (Å²) in [5, 5.41) is 15.8. The second-order valence-electron chi connectivity index (χ2n) is 10.3. The van der Waals surface area contributed by atoms with Gasteiger partial charge in [-0.25, -0.2) is 0 Å². The molecule has 5 rings (SSSR count). The summed E-state index contributed by atoms with van der Waals surface area (Å²) in [5.41, 5.74) is 1.89. The van der Waals surface area contributed by atoms with Crippen LogP contribution in [0.4, 0.5) is 0 Å². The van der Waals surface area contributed by atoms with E-state index in [1.165, 1.54) is 49.1 Å². The number of likely N-dealkylation sites (tertiary alicyclic amines) is 1. The van der Waals surface area contributed by atoms with Crippen LogP contribution in [-0.4, -0.2) is 56.6 Å². The number of aryl methyl sites for hydroxylation is 1. The van der Waals surface area contributed by atoms with Crippen molar-refractivity contribution in [2.45, 2.75) is 76.2 Å². The summed E-state index contributed by atoms with van der Waals surface area (Å²) in [4.78, 5) is 16.4. The van der Waals surface area contributed by atoms with Crippen LogP contribution >= 0.6 is 0 Å². The number of amides is 1. The number of nitrogens with zero attached hydrogens (tertiary/aromatic N) is 5. The maximum Gasteiger partial charge on any atom is 0.226 e. The molecular formula is C24H36N6O2. The topological polar surface area (TPSA) is 89.1 Å². The van der Waals surface area contributed by atoms with Crippen LogP contribution in [-0.2, 0) is 18.3 Å². The van der Waals surface area contributed by atoms with Gasteiger partial charge in [0.2, 0.25) is 5.91 Å². The Kier molecular flexibility index (Phi) is 6.31. The highest BCUT2D eigenvalue weighted by Crippen LogP contribution is 2.42. The lowest BCUT2D eigenvalue weighted by Crippen LogP contribution is -2.38. The lowest BCUT2D eigenvalue weighted by Gasteiger charge is -2.30. The van der Waals surface area contributed by atoms with Gasteiger partial charge in [-0.2, -0.15) is 15.0 Å². The molecule has 1 N–H and O–H groups in total. The molecule has 0 aromatic carbocycles. The summed E-state index contributed by atoms with van der Waals surface area (Å²) in [7, 11) is 1.77. The molecule has 0 bridgehead atoms. The zero-order chi connectivity index (χ0) is 22.1. The lowest BCUT2D eigenvalue weighted by atomic mass is 9.84. The van der Waals surface area contributed by atoms with E-state index in [0.717, 1.165) is 43.3 Å². The molecule has 1 aliphatic heterocycles. The Labute approximate surface area is 190 Å².